The lowest BCUT2D eigenvalue weighted by Crippen LogP contribution is -2.49. The highest BCUT2D eigenvalue weighted by Crippen LogP contribution is 2.26. The Labute approximate surface area is 210 Å². The second-order valence-corrected chi connectivity index (χ2v) is 10.2. The predicted molar refractivity (Wildman–Crippen MR) is 140 cm³/mol. The number of hydrogen-bond donors (Lipinski definition) is 0. The van der Waals surface area contributed by atoms with Crippen LogP contribution in [0.1, 0.15) is 21.0 Å². The smallest absolute Gasteiger partial charge is 0.289 e. The van der Waals surface area contributed by atoms with Gasteiger partial charge >= 0.3 is 0 Å². The first-order chi connectivity index (χ1) is 17.1. The van der Waals surface area contributed by atoms with Gasteiger partial charge in [0.05, 0.1) is 6.26 Å². The molecule has 3 heterocycles. The number of furan rings is 1. The minimum absolute atomic E-state index is 0.0274. The Morgan fingerprint density at radius 1 is 1.00 bits per heavy atom. The quantitative estimate of drug-likeness (QED) is 0.333. The molecule has 1 saturated heterocycles. The number of amides is 1. The standard InChI is InChI=1S/C28H31N3O3S/c1-29(21-25-19-23-5-2-3-7-27(23)35-25)20-22-8-10-24(11-9-22)33-18-16-30-12-14-31(15-13-30)28(32)26-6-4-17-34-26/h2-11,17,19H,12-16,18,20-21H2,1H3. The Kier molecular flexibility index (Phi) is 7.47. The maximum Gasteiger partial charge on any atom is 0.289 e. The number of carbonyl (C=O) groups is 1. The molecule has 0 saturated carbocycles. The largest absolute Gasteiger partial charge is 0.492 e. The molecule has 0 radical (unpaired) electrons. The van der Waals surface area contributed by atoms with E-state index in [1.807, 2.05) is 16.2 Å². The minimum Gasteiger partial charge on any atom is -0.492 e. The normalized spacial score (nSPS) is 14.6. The Bertz CT molecular complexity index is 1200. The van der Waals surface area contributed by atoms with Gasteiger partial charge in [0.15, 0.2) is 5.76 Å². The lowest BCUT2D eigenvalue weighted by atomic mass is 10.2. The number of benzene rings is 2. The number of nitrogens with zero attached hydrogens (tertiary/aromatic N) is 3. The molecule has 0 aliphatic carbocycles. The van der Waals surface area contributed by atoms with Crippen LogP contribution in [0.4, 0.5) is 0 Å². The molecule has 1 aliphatic rings. The highest BCUT2D eigenvalue weighted by Gasteiger charge is 2.23. The van der Waals surface area contributed by atoms with E-state index in [9.17, 15) is 4.79 Å². The van der Waals surface area contributed by atoms with E-state index in [4.69, 9.17) is 9.15 Å². The van der Waals surface area contributed by atoms with Crippen LogP contribution in [0, 0.1) is 0 Å². The summed E-state index contributed by atoms with van der Waals surface area (Å²) in [7, 11) is 2.16. The van der Waals surface area contributed by atoms with E-state index in [-0.39, 0.29) is 5.91 Å². The summed E-state index contributed by atoms with van der Waals surface area (Å²) in [5.74, 6) is 1.28. The average molecular weight is 490 g/mol. The summed E-state index contributed by atoms with van der Waals surface area (Å²) in [4.78, 5) is 20.3. The highest BCUT2D eigenvalue weighted by molar-refractivity contribution is 7.19. The predicted octanol–water partition coefficient (Wildman–Crippen LogP) is 4.96. The number of rotatable bonds is 9. The highest BCUT2D eigenvalue weighted by atomic mass is 32.1. The molecule has 0 spiro atoms. The minimum atomic E-state index is -0.0274. The van der Waals surface area contributed by atoms with Crippen LogP contribution in [0.25, 0.3) is 10.1 Å². The van der Waals surface area contributed by atoms with Crippen LogP contribution >= 0.6 is 11.3 Å². The van der Waals surface area contributed by atoms with Crippen molar-refractivity contribution in [2.75, 3.05) is 46.4 Å². The summed E-state index contributed by atoms with van der Waals surface area (Å²) in [6.07, 6.45) is 1.54. The van der Waals surface area contributed by atoms with Gasteiger partial charge in [-0.1, -0.05) is 30.3 Å². The zero-order chi connectivity index (χ0) is 24.0. The van der Waals surface area contributed by atoms with E-state index in [1.165, 1.54) is 26.8 Å². The fourth-order valence-electron chi connectivity index (χ4n) is 4.46. The molecule has 4 aromatic rings. The van der Waals surface area contributed by atoms with Gasteiger partial charge in [0.1, 0.15) is 12.4 Å². The molecular formula is C28H31N3O3S. The molecule has 2 aromatic carbocycles. The van der Waals surface area contributed by atoms with E-state index in [0.29, 0.717) is 25.5 Å². The van der Waals surface area contributed by atoms with Crippen molar-refractivity contribution < 1.29 is 13.9 Å². The van der Waals surface area contributed by atoms with Gasteiger partial charge in [-0.3, -0.25) is 14.6 Å². The Hall–Kier alpha value is -3.13. The first kappa shape index (κ1) is 23.6. The Morgan fingerprint density at radius 3 is 2.54 bits per heavy atom. The second kappa shape index (κ2) is 11.1. The molecule has 35 heavy (non-hydrogen) atoms. The number of carbonyl (C=O) groups excluding carboxylic acids is 1. The van der Waals surface area contributed by atoms with Gasteiger partial charge in [-0.15, -0.1) is 11.3 Å². The van der Waals surface area contributed by atoms with Crippen LogP contribution in [0.2, 0.25) is 0 Å². The van der Waals surface area contributed by atoms with Crippen LogP contribution in [-0.4, -0.2) is 67.0 Å². The maximum atomic E-state index is 12.4. The van der Waals surface area contributed by atoms with E-state index < -0.39 is 0 Å². The van der Waals surface area contributed by atoms with Gasteiger partial charge in [-0.25, -0.2) is 0 Å². The first-order valence-electron chi connectivity index (χ1n) is 12.1. The van der Waals surface area contributed by atoms with E-state index in [1.54, 1.807) is 12.1 Å². The zero-order valence-corrected chi connectivity index (χ0v) is 20.9. The van der Waals surface area contributed by atoms with Crippen LogP contribution in [-0.2, 0) is 13.1 Å². The average Bonchev–Trinajstić information content (AvgIpc) is 3.55. The zero-order valence-electron chi connectivity index (χ0n) is 20.1. The lowest BCUT2D eigenvalue weighted by molar-refractivity contribution is 0.0590. The molecule has 6 nitrogen and oxygen atoms in total. The molecule has 0 bridgehead atoms. The number of hydrogen-bond acceptors (Lipinski definition) is 6. The Balaban J connectivity index is 1.02. The van der Waals surface area contributed by atoms with Crippen LogP contribution < -0.4 is 4.74 Å². The summed E-state index contributed by atoms with van der Waals surface area (Å²) in [6.45, 7) is 6.45. The third kappa shape index (κ3) is 6.11. The van der Waals surface area contributed by atoms with E-state index in [2.05, 4.69) is 71.4 Å². The molecule has 1 aliphatic heterocycles. The van der Waals surface area contributed by atoms with Gasteiger partial charge in [0.25, 0.3) is 5.91 Å². The van der Waals surface area contributed by atoms with Crippen molar-refractivity contribution in [1.29, 1.82) is 0 Å². The fourth-order valence-corrected chi connectivity index (χ4v) is 5.61. The molecule has 182 valence electrons. The molecule has 0 unspecified atom stereocenters. The van der Waals surface area contributed by atoms with Crippen LogP contribution in [0.3, 0.4) is 0 Å². The van der Waals surface area contributed by atoms with Crippen molar-refractivity contribution in [2.45, 2.75) is 13.1 Å². The van der Waals surface area contributed by atoms with Gasteiger partial charge in [0, 0.05) is 55.4 Å². The fraction of sp³-hybridized carbons (Fsp3) is 0.321. The molecule has 5 rings (SSSR count). The number of piperazine rings is 1. The Morgan fingerprint density at radius 2 is 1.80 bits per heavy atom. The van der Waals surface area contributed by atoms with Gasteiger partial charge in [-0.05, 0) is 54.4 Å². The SMILES string of the molecule is CN(Cc1ccc(OCCN2CCN(C(=O)c3ccco3)CC2)cc1)Cc1cc2ccccc2s1. The summed E-state index contributed by atoms with van der Waals surface area (Å²) < 4.78 is 12.6. The third-order valence-electron chi connectivity index (χ3n) is 6.35. The third-order valence-corrected chi connectivity index (χ3v) is 7.45. The summed E-state index contributed by atoms with van der Waals surface area (Å²) in [6, 6.07) is 22.7. The maximum absolute atomic E-state index is 12.4. The second-order valence-electron chi connectivity index (χ2n) is 9.03. The number of ether oxygens (including phenoxy) is 1. The number of fused-ring (bicyclic) bond motifs is 1. The van der Waals surface area contributed by atoms with Crippen molar-refractivity contribution in [2.24, 2.45) is 0 Å². The molecular weight excluding hydrogens is 458 g/mol. The summed E-state index contributed by atoms with van der Waals surface area (Å²) in [5.41, 5.74) is 1.28. The monoisotopic (exact) mass is 489 g/mol. The van der Waals surface area contributed by atoms with Gasteiger partial charge in [-0.2, -0.15) is 0 Å². The van der Waals surface area contributed by atoms with Gasteiger partial charge in [0.2, 0.25) is 0 Å². The van der Waals surface area contributed by atoms with E-state index in [0.717, 1.165) is 38.5 Å². The van der Waals surface area contributed by atoms with Crippen molar-refractivity contribution in [3.8, 4) is 5.75 Å². The van der Waals surface area contributed by atoms with Crippen molar-refractivity contribution in [3.63, 3.8) is 0 Å². The molecule has 1 fully saturated rings. The van der Waals surface area contributed by atoms with Crippen molar-refractivity contribution in [3.05, 3.63) is 89.2 Å². The van der Waals surface area contributed by atoms with Crippen LogP contribution in [0.15, 0.2) is 77.4 Å². The molecule has 0 N–H and O–H groups in total. The topological polar surface area (TPSA) is 49.2 Å². The van der Waals surface area contributed by atoms with Crippen molar-refractivity contribution >= 4 is 27.3 Å². The van der Waals surface area contributed by atoms with Gasteiger partial charge < -0.3 is 14.1 Å². The number of thiophene rings is 1. The van der Waals surface area contributed by atoms with Crippen molar-refractivity contribution in [1.82, 2.24) is 14.7 Å². The molecule has 2 aromatic heterocycles. The summed E-state index contributed by atoms with van der Waals surface area (Å²) in [5, 5.41) is 1.33. The molecule has 1 amide bonds. The summed E-state index contributed by atoms with van der Waals surface area (Å²) >= 11 is 1.87. The lowest BCUT2D eigenvalue weighted by Gasteiger charge is -2.34. The first-order valence-corrected chi connectivity index (χ1v) is 12.9. The van der Waals surface area contributed by atoms with Crippen LogP contribution in [0.5, 0.6) is 5.75 Å². The molecule has 0 atom stereocenters. The molecule has 7 heteroatoms. The van der Waals surface area contributed by atoms with E-state index >= 15 is 0 Å².